The average Bonchev–Trinajstić information content (AvgIpc) is 3.43. The largest absolute Gasteiger partial charge is 0.465 e. The predicted octanol–water partition coefficient (Wildman–Crippen LogP) is 4.92. The standard InChI is InChI=1S/C25H32N6O3/c1-15(2)23-19-13-16(6-9-21(19)30-31(23)22-5-3-4-12-34-22)20-10-11-26-24(29-20)27-17-7-8-18(14-17)28-25(32)33/h6,9-11,13,15,17-18,22,28H,3-5,7-8,12,14H2,1-2H3,(H,32,33)(H,26,27,29)/t17-,18-,22?/m0/s1. The van der Waals surface area contributed by atoms with Crippen molar-refractivity contribution in [2.45, 2.75) is 76.6 Å². The van der Waals surface area contributed by atoms with Crippen molar-refractivity contribution < 1.29 is 14.6 Å². The number of nitrogens with zero attached hydrogens (tertiary/aromatic N) is 4. The SMILES string of the molecule is CC(C)c1c2cc(-c3ccnc(N[C@H]4CC[C@H](NC(=O)O)C4)n3)ccc2nn1C1CCCCO1. The minimum absolute atomic E-state index is 0.00251. The molecule has 1 unspecified atom stereocenters. The molecule has 0 spiro atoms. The summed E-state index contributed by atoms with van der Waals surface area (Å²) in [4.78, 5) is 20.1. The molecule has 3 atom stereocenters. The molecule has 2 fully saturated rings. The van der Waals surface area contributed by atoms with Crippen molar-refractivity contribution in [3.05, 3.63) is 36.2 Å². The molecule has 1 amide bonds. The molecule has 5 rings (SSSR count). The molecule has 1 aliphatic carbocycles. The number of aromatic nitrogens is 4. The van der Waals surface area contributed by atoms with Crippen LogP contribution >= 0.6 is 0 Å². The fourth-order valence-corrected chi connectivity index (χ4v) is 5.18. The van der Waals surface area contributed by atoms with E-state index in [9.17, 15) is 4.79 Å². The van der Waals surface area contributed by atoms with Crippen molar-refractivity contribution in [1.82, 2.24) is 25.1 Å². The van der Waals surface area contributed by atoms with Gasteiger partial charge in [-0.25, -0.2) is 19.4 Å². The van der Waals surface area contributed by atoms with Gasteiger partial charge in [-0.1, -0.05) is 19.9 Å². The highest BCUT2D eigenvalue weighted by Crippen LogP contribution is 2.34. The van der Waals surface area contributed by atoms with E-state index in [1.807, 2.05) is 6.07 Å². The Morgan fingerprint density at radius 3 is 2.79 bits per heavy atom. The van der Waals surface area contributed by atoms with E-state index < -0.39 is 6.09 Å². The normalized spacial score (nSPS) is 22.9. The minimum atomic E-state index is -0.974. The Kier molecular flexibility index (Phi) is 6.36. The topological polar surface area (TPSA) is 114 Å². The number of hydrogen-bond acceptors (Lipinski definition) is 6. The molecule has 1 aromatic carbocycles. The van der Waals surface area contributed by atoms with Crippen LogP contribution in [0.3, 0.4) is 0 Å². The van der Waals surface area contributed by atoms with Crippen LogP contribution in [0.5, 0.6) is 0 Å². The molecule has 1 saturated carbocycles. The Balaban J connectivity index is 1.40. The highest BCUT2D eigenvalue weighted by atomic mass is 16.5. The van der Waals surface area contributed by atoms with Gasteiger partial charge in [0, 0.05) is 35.8 Å². The van der Waals surface area contributed by atoms with Gasteiger partial charge in [0.15, 0.2) is 6.23 Å². The summed E-state index contributed by atoms with van der Waals surface area (Å²) in [5, 5.41) is 20.9. The van der Waals surface area contributed by atoms with Gasteiger partial charge >= 0.3 is 6.09 Å². The molecule has 3 N–H and O–H groups in total. The second-order valence-electron chi connectivity index (χ2n) is 9.60. The first-order valence-electron chi connectivity index (χ1n) is 12.2. The van der Waals surface area contributed by atoms with E-state index in [4.69, 9.17) is 19.9 Å². The van der Waals surface area contributed by atoms with E-state index in [0.29, 0.717) is 11.9 Å². The van der Waals surface area contributed by atoms with Crippen molar-refractivity contribution >= 4 is 22.9 Å². The molecule has 0 bridgehead atoms. The number of rotatable bonds is 6. The molecular weight excluding hydrogens is 432 g/mol. The minimum Gasteiger partial charge on any atom is -0.465 e. The van der Waals surface area contributed by atoms with Gasteiger partial charge in [0.25, 0.3) is 0 Å². The van der Waals surface area contributed by atoms with Crippen LogP contribution in [-0.4, -0.2) is 49.6 Å². The van der Waals surface area contributed by atoms with Crippen molar-refractivity contribution in [1.29, 1.82) is 0 Å². The first-order valence-corrected chi connectivity index (χ1v) is 12.2. The zero-order valence-corrected chi connectivity index (χ0v) is 19.7. The highest BCUT2D eigenvalue weighted by molar-refractivity contribution is 5.86. The zero-order valence-electron chi connectivity index (χ0n) is 19.7. The summed E-state index contributed by atoms with van der Waals surface area (Å²) in [6, 6.07) is 8.32. The summed E-state index contributed by atoms with van der Waals surface area (Å²) < 4.78 is 8.13. The quantitative estimate of drug-likeness (QED) is 0.474. The summed E-state index contributed by atoms with van der Waals surface area (Å²) in [6.45, 7) is 5.18. The van der Waals surface area contributed by atoms with Gasteiger partial charge in [0.2, 0.25) is 5.95 Å². The van der Waals surface area contributed by atoms with Crippen molar-refractivity contribution in [2.75, 3.05) is 11.9 Å². The number of fused-ring (bicyclic) bond motifs is 1. The van der Waals surface area contributed by atoms with Crippen LogP contribution in [0, 0.1) is 0 Å². The van der Waals surface area contributed by atoms with E-state index in [1.165, 1.54) is 5.69 Å². The predicted molar refractivity (Wildman–Crippen MR) is 130 cm³/mol. The Hall–Kier alpha value is -3.20. The van der Waals surface area contributed by atoms with Gasteiger partial charge in [-0.15, -0.1) is 0 Å². The maximum atomic E-state index is 10.9. The molecule has 34 heavy (non-hydrogen) atoms. The third-order valence-corrected chi connectivity index (χ3v) is 6.75. The molecular formula is C25H32N6O3. The third kappa shape index (κ3) is 4.70. The van der Waals surface area contributed by atoms with E-state index in [0.717, 1.165) is 67.3 Å². The van der Waals surface area contributed by atoms with Gasteiger partial charge in [-0.05, 0) is 62.6 Å². The number of ether oxygens (including phenoxy) is 1. The lowest BCUT2D eigenvalue weighted by molar-refractivity contribution is -0.0410. The second kappa shape index (κ2) is 9.58. The number of carbonyl (C=O) groups is 1. The van der Waals surface area contributed by atoms with Gasteiger partial charge in [0.05, 0.1) is 16.9 Å². The van der Waals surface area contributed by atoms with Crippen LogP contribution in [0.25, 0.3) is 22.2 Å². The Morgan fingerprint density at radius 1 is 1.18 bits per heavy atom. The smallest absolute Gasteiger partial charge is 0.404 e. The van der Waals surface area contributed by atoms with Gasteiger partial charge in [0.1, 0.15) is 0 Å². The fraction of sp³-hybridized carbons (Fsp3) is 0.520. The molecule has 1 saturated heterocycles. The summed E-state index contributed by atoms with van der Waals surface area (Å²) in [6.07, 6.45) is 6.48. The van der Waals surface area contributed by atoms with Crippen molar-refractivity contribution in [3.63, 3.8) is 0 Å². The summed E-state index contributed by atoms with van der Waals surface area (Å²) in [5.74, 6) is 0.872. The van der Waals surface area contributed by atoms with Crippen LogP contribution < -0.4 is 10.6 Å². The number of amides is 1. The van der Waals surface area contributed by atoms with Crippen LogP contribution in [0.2, 0.25) is 0 Å². The maximum Gasteiger partial charge on any atom is 0.404 e. The summed E-state index contributed by atoms with van der Waals surface area (Å²) >= 11 is 0. The first kappa shape index (κ1) is 22.6. The van der Waals surface area contributed by atoms with Crippen LogP contribution in [0.1, 0.15) is 70.2 Å². The number of carboxylic acid groups (broad SMARTS) is 1. The molecule has 3 aromatic rings. The van der Waals surface area contributed by atoms with Gasteiger partial charge in [-0.3, -0.25) is 0 Å². The molecule has 2 aliphatic rings. The van der Waals surface area contributed by atoms with E-state index in [2.05, 4.69) is 52.3 Å². The molecule has 180 valence electrons. The number of nitrogens with one attached hydrogen (secondary N) is 2. The lowest BCUT2D eigenvalue weighted by Crippen LogP contribution is -2.32. The number of benzene rings is 1. The Bertz CT molecular complexity index is 1170. The Morgan fingerprint density at radius 2 is 2.03 bits per heavy atom. The van der Waals surface area contributed by atoms with Crippen LogP contribution in [0.4, 0.5) is 10.7 Å². The van der Waals surface area contributed by atoms with Crippen molar-refractivity contribution in [2.24, 2.45) is 0 Å². The molecule has 0 radical (unpaired) electrons. The lowest BCUT2D eigenvalue weighted by atomic mass is 10.0. The Labute approximate surface area is 198 Å². The fourth-order valence-electron chi connectivity index (χ4n) is 5.18. The van der Waals surface area contributed by atoms with Gasteiger partial charge in [-0.2, -0.15) is 5.10 Å². The lowest BCUT2D eigenvalue weighted by Gasteiger charge is -2.25. The molecule has 2 aromatic heterocycles. The number of anilines is 1. The highest BCUT2D eigenvalue weighted by Gasteiger charge is 2.27. The van der Waals surface area contributed by atoms with Crippen molar-refractivity contribution in [3.8, 4) is 11.3 Å². The maximum absolute atomic E-state index is 10.9. The monoisotopic (exact) mass is 464 g/mol. The molecule has 9 heteroatoms. The van der Waals surface area contributed by atoms with Gasteiger partial charge < -0.3 is 20.5 Å². The van der Waals surface area contributed by atoms with E-state index in [-0.39, 0.29) is 18.3 Å². The van der Waals surface area contributed by atoms with E-state index >= 15 is 0 Å². The first-order chi connectivity index (χ1) is 16.5. The summed E-state index contributed by atoms with van der Waals surface area (Å²) in [7, 11) is 0. The second-order valence-corrected chi connectivity index (χ2v) is 9.60. The molecule has 3 heterocycles. The number of hydrogen-bond donors (Lipinski definition) is 3. The summed E-state index contributed by atoms with van der Waals surface area (Å²) in [5.41, 5.74) is 4.02. The molecule has 9 nitrogen and oxygen atoms in total. The van der Waals surface area contributed by atoms with E-state index in [1.54, 1.807) is 6.20 Å². The molecule has 1 aliphatic heterocycles. The zero-order chi connectivity index (χ0) is 23.7. The van der Waals surface area contributed by atoms with Crippen LogP contribution in [0.15, 0.2) is 30.5 Å². The van der Waals surface area contributed by atoms with Crippen LogP contribution in [-0.2, 0) is 4.74 Å². The average molecular weight is 465 g/mol. The third-order valence-electron chi connectivity index (χ3n) is 6.75.